The number of hydrogen-bond acceptors (Lipinski definition) is 7. The monoisotopic (exact) mass is 504 g/mol. The molecule has 1 aromatic carbocycles. The topological polar surface area (TPSA) is 93.4 Å². The summed E-state index contributed by atoms with van der Waals surface area (Å²) in [5, 5.41) is 12.3. The van der Waals surface area contributed by atoms with E-state index in [1.807, 2.05) is 30.5 Å². The Hall–Kier alpha value is -3.69. The van der Waals surface area contributed by atoms with Gasteiger partial charge in [0.1, 0.15) is 17.0 Å². The molecule has 1 aliphatic carbocycles. The number of thiophene rings is 1. The van der Waals surface area contributed by atoms with Crippen LogP contribution in [0.15, 0.2) is 55.1 Å². The van der Waals surface area contributed by atoms with Gasteiger partial charge in [0.2, 0.25) is 5.91 Å². The maximum Gasteiger partial charge on any atom is 0.227 e. The SMILES string of the molecule is COc1cn2nccc2cc1Nc1ncnc2sc3c(c12)CCC(C(=O)Nc1cccc(Cl)c1)C3. The van der Waals surface area contributed by atoms with E-state index in [2.05, 4.69) is 25.7 Å². The van der Waals surface area contributed by atoms with Crippen LogP contribution in [-0.2, 0) is 17.6 Å². The minimum absolute atomic E-state index is 0.0126. The van der Waals surface area contributed by atoms with Crippen LogP contribution in [0.4, 0.5) is 17.2 Å². The van der Waals surface area contributed by atoms with Crippen molar-refractivity contribution in [3.05, 3.63) is 70.6 Å². The molecule has 8 nitrogen and oxygen atoms in total. The number of ether oxygens (including phenoxy) is 1. The standard InChI is InChI=1S/C25H21ClN6O2S/c1-34-20-12-32-17(7-8-29-32)11-19(20)31-23-22-18-6-5-14(9-21(18)35-25(22)28-13-27-23)24(33)30-16-4-2-3-15(26)10-16/h2-4,7-8,10-14H,5-6,9H2,1H3,(H,30,33)(H,27,28,31). The van der Waals surface area contributed by atoms with Crippen molar-refractivity contribution >= 4 is 61.8 Å². The van der Waals surface area contributed by atoms with Crippen LogP contribution >= 0.6 is 22.9 Å². The van der Waals surface area contributed by atoms with E-state index in [-0.39, 0.29) is 11.8 Å². The first kappa shape index (κ1) is 21.8. The van der Waals surface area contributed by atoms with E-state index < -0.39 is 0 Å². The molecule has 4 heterocycles. The molecule has 0 saturated heterocycles. The third-order valence-electron chi connectivity index (χ3n) is 6.28. The first-order valence-corrected chi connectivity index (χ1v) is 12.4. The van der Waals surface area contributed by atoms with E-state index in [4.69, 9.17) is 16.3 Å². The lowest BCUT2D eigenvalue weighted by molar-refractivity contribution is -0.120. The van der Waals surface area contributed by atoms with Gasteiger partial charge in [-0.05, 0) is 55.2 Å². The molecule has 2 N–H and O–H groups in total. The predicted molar refractivity (Wildman–Crippen MR) is 138 cm³/mol. The molecule has 5 aromatic rings. The quantitative estimate of drug-likeness (QED) is 0.329. The Bertz CT molecular complexity index is 1580. The minimum atomic E-state index is -0.108. The predicted octanol–water partition coefficient (Wildman–Crippen LogP) is 5.49. The van der Waals surface area contributed by atoms with Crippen molar-refractivity contribution in [3.8, 4) is 5.75 Å². The van der Waals surface area contributed by atoms with Crippen molar-refractivity contribution in [3.63, 3.8) is 0 Å². The molecule has 0 spiro atoms. The molecule has 10 heteroatoms. The second-order valence-electron chi connectivity index (χ2n) is 8.43. The maximum absolute atomic E-state index is 13.0. The molecule has 0 fully saturated rings. The summed E-state index contributed by atoms with van der Waals surface area (Å²) in [6.45, 7) is 0. The summed E-state index contributed by atoms with van der Waals surface area (Å²) >= 11 is 7.69. The molecule has 1 atom stereocenters. The average Bonchev–Trinajstić information content (AvgIpc) is 3.47. The van der Waals surface area contributed by atoms with Crippen molar-refractivity contribution in [2.24, 2.45) is 5.92 Å². The smallest absolute Gasteiger partial charge is 0.227 e. The van der Waals surface area contributed by atoms with Crippen LogP contribution < -0.4 is 15.4 Å². The molecule has 1 unspecified atom stereocenters. The number of halogens is 1. The number of aromatic nitrogens is 4. The summed E-state index contributed by atoms with van der Waals surface area (Å²) in [7, 11) is 1.63. The number of fused-ring (bicyclic) bond motifs is 4. The van der Waals surface area contributed by atoms with E-state index in [1.165, 1.54) is 10.4 Å². The molecule has 0 saturated carbocycles. The molecule has 1 aliphatic rings. The first-order valence-electron chi connectivity index (χ1n) is 11.2. The van der Waals surface area contributed by atoms with E-state index in [0.29, 0.717) is 22.9 Å². The highest BCUT2D eigenvalue weighted by atomic mass is 35.5. The number of nitrogens with one attached hydrogen (secondary N) is 2. The molecule has 1 amide bonds. The lowest BCUT2D eigenvalue weighted by atomic mass is 9.87. The highest BCUT2D eigenvalue weighted by Crippen LogP contribution is 2.41. The molecule has 0 aliphatic heterocycles. The second kappa shape index (κ2) is 8.83. The molecular weight excluding hydrogens is 484 g/mol. The van der Waals surface area contributed by atoms with Crippen molar-refractivity contribution in [2.75, 3.05) is 17.7 Å². The van der Waals surface area contributed by atoms with Gasteiger partial charge in [-0.15, -0.1) is 11.3 Å². The summed E-state index contributed by atoms with van der Waals surface area (Å²) in [5.74, 6) is 1.30. The Morgan fingerprint density at radius 2 is 2.17 bits per heavy atom. The van der Waals surface area contributed by atoms with Gasteiger partial charge in [0.25, 0.3) is 0 Å². The van der Waals surface area contributed by atoms with E-state index in [0.717, 1.165) is 40.1 Å². The lowest BCUT2D eigenvalue weighted by Gasteiger charge is -2.22. The molecule has 176 valence electrons. The number of rotatable bonds is 5. The molecule has 35 heavy (non-hydrogen) atoms. The zero-order valence-electron chi connectivity index (χ0n) is 18.8. The van der Waals surface area contributed by atoms with Crippen LogP contribution in [0.5, 0.6) is 5.75 Å². The summed E-state index contributed by atoms with van der Waals surface area (Å²) in [6, 6.07) is 11.1. The number of nitrogens with zero attached hydrogens (tertiary/aromatic N) is 4. The van der Waals surface area contributed by atoms with E-state index in [1.54, 1.807) is 47.6 Å². The lowest BCUT2D eigenvalue weighted by Crippen LogP contribution is -2.27. The molecule has 0 radical (unpaired) electrons. The number of carbonyl (C=O) groups excluding carboxylic acids is 1. The minimum Gasteiger partial charge on any atom is -0.493 e. The van der Waals surface area contributed by atoms with Gasteiger partial charge in [0.05, 0.1) is 29.9 Å². The van der Waals surface area contributed by atoms with Crippen molar-refractivity contribution in [1.82, 2.24) is 19.6 Å². The number of carbonyl (C=O) groups is 1. The van der Waals surface area contributed by atoms with Gasteiger partial charge in [0, 0.05) is 27.7 Å². The normalized spacial score (nSPS) is 15.2. The fourth-order valence-electron chi connectivity index (χ4n) is 4.57. The van der Waals surface area contributed by atoms with Crippen molar-refractivity contribution < 1.29 is 9.53 Å². The van der Waals surface area contributed by atoms with Crippen LogP contribution in [0.2, 0.25) is 5.02 Å². The van der Waals surface area contributed by atoms with Crippen LogP contribution in [0.1, 0.15) is 16.9 Å². The number of hydrogen-bond donors (Lipinski definition) is 2. The molecule has 4 aromatic heterocycles. The zero-order valence-corrected chi connectivity index (χ0v) is 20.4. The molecule has 0 bridgehead atoms. The van der Waals surface area contributed by atoms with Crippen LogP contribution in [0.3, 0.4) is 0 Å². The largest absolute Gasteiger partial charge is 0.493 e. The number of anilines is 3. The summed E-state index contributed by atoms with van der Waals surface area (Å²) in [5.41, 5.74) is 3.67. The summed E-state index contributed by atoms with van der Waals surface area (Å²) in [6.07, 6.45) is 7.36. The Morgan fingerprint density at radius 1 is 1.26 bits per heavy atom. The Kier molecular flexibility index (Phi) is 5.50. The zero-order chi connectivity index (χ0) is 23.9. The number of benzene rings is 1. The number of amides is 1. The van der Waals surface area contributed by atoms with Gasteiger partial charge in [-0.2, -0.15) is 5.10 Å². The van der Waals surface area contributed by atoms with Crippen LogP contribution in [0.25, 0.3) is 15.7 Å². The third kappa shape index (κ3) is 4.06. The fourth-order valence-corrected chi connectivity index (χ4v) is 6.03. The highest BCUT2D eigenvalue weighted by Gasteiger charge is 2.29. The van der Waals surface area contributed by atoms with E-state index >= 15 is 0 Å². The van der Waals surface area contributed by atoms with Gasteiger partial charge in [-0.3, -0.25) is 4.79 Å². The second-order valence-corrected chi connectivity index (χ2v) is 9.95. The van der Waals surface area contributed by atoms with Gasteiger partial charge < -0.3 is 15.4 Å². The van der Waals surface area contributed by atoms with Crippen molar-refractivity contribution in [2.45, 2.75) is 19.3 Å². The van der Waals surface area contributed by atoms with Crippen LogP contribution in [-0.4, -0.2) is 32.6 Å². The number of methoxy groups -OCH3 is 1. The maximum atomic E-state index is 13.0. The Balaban J connectivity index is 1.29. The van der Waals surface area contributed by atoms with Crippen LogP contribution in [0, 0.1) is 5.92 Å². The first-order chi connectivity index (χ1) is 17.1. The fraction of sp³-hybridized carbons (Fsp3) is 0.200. The van der Waals surface area contributed by atoms with E-state index in [9.17, 15) is 4.79 Å². The molecule has 6 rings (SSSR count). The number of pyridine rings is 1. The number of aryl methyl sites for hydroxylation is 1. The van der Waals surface area contributed by atoms with Gasteiger partial charge in [-0.25, -0.2) is 14.5 Å². The average molecular weight is 505 g/mol. The van der Waals surface area contributed by atoms with Gasteiger partial charge >= 0.3 is 0 Å². The summed E-state index contributed by atoms with van der Waals surface area (Å²) in [4.78, 5) is 24.1. The Labute approximate surface area is 209 Å². The van der Waals surface area contributed by atoms with Gasteiger partial charge in [0.15, 0.2) is 5.75 Å². The summed E-state index contributed by atoms with van der Waals surface area (Å²) < 4.78 is 7.35. The van der Waals surface area contributed by atoms with Crippen molar-refractivity contribution in [1.29, 1.82) is 0 Å². The third-order valence-corrected chi connectivity index (χ3v) is 7.68. The Morgan fingerprint density at radius 3 is 3.03 bits per heavy atom. The highest BCUT2D eigenvalue weighted by molar-refractivity contribution is 7.19. The molecular formula is C25H21ClN6O2S. The van der Waals surface area contributed by atoms with Gasteiger partial charge in [-0.1, -0.05) is 17.7 Å².